The van der Waals surface area contributed by atoms with Crippen LogP contribution in [0, 0.1) is 17.1 Å². The van der Waals surface area contributed by atoms with Crippen LogP contribution >= 0.6 is 0 Å². The highest BCUT2D eigenvalue weighted by Gasteiger charge is 2.23. The van der Waals surface area contributed by atoms with Crippen molar-refractivity contribution in [2.75, 3.05) is 0 Å². The number of rotatable bonds is 4. The number of hydrogen-bond acceptors (Lipinski definition) is 4. The summed E-state index contributed by atoms with van der Waals surface area (Å²) in [6.45, 7) is 0. The second-order valence-electron chi connectivity index (χ2n) is 3.45. The van der Waals surface area contributed by atoms with Crippen molar-refractivity contribution >= 4 is 5.97 Å². The van der Waals surface area contributed by atoms with E-state index in [0.717, 1.165) is 18.2 Å². The van der Waals surface area contributed by atoms with Crippen molar-refractivity contribution in [1.82, 2.24) is 0 Å². The third-order valence-electron chi connectivity index (χ3n) is 2.20. The minimum atomic E-state index is -1.61. The third-order valence-corrected chi connectivity index (χ3v) is 2.20. The fraction of sp³-hybridized carbons (Fsp3) is 0.273. The predicted molar refractivity (Wildman–Crippen MR) is 54.3 cm³/mol. The normalized spacial score (nSPS) is 13.8. The molecule has 1 aromatic rings. The Morgan fingerprint density at radius 2 is 2.12 bits per heavy atom. The lowest BCUT2D eigenvalue weighted by molar-refractivity contribution is -0.141. The smallest absolute Gasteiger partial charge is 0.306 e. The monoisotopic (exact) mass is 239 g/mol. The Balaban J connectivity index is 3.02. The van der Waals surface area contributed by atoms with Gasteiger partial charge in [0.25, 0.3) is 0 Å². The number of nitriles is 1. The Morgan fingerprint density at radius 1 is 1.47 bits per heavy atom. The molecule has 3 N–H and O–H groups in total. The van der Waals surface area contributed by atoms with Crippen molar-refractivity contribution < 1.29 is 24.5 Å². The van der Waals surface area contributed by atoms with Gasteiger partial charge >= 0.3 is 5.97 Å². The van der Waals surface area contributed by atoms with Crippen molar-refractivity contribution in [2.24, 2.45) is 0 Å². The van der Waals surface area contributed by atoms with Crippen molar-refractivity contribution in [2.45, 2.75) is 18.6 Å². The number of carboxylic acid groups (broad SMARTS) is 1. The Morgan fingerprint density at radius 3 is 2.65 bits per heavy atom. The fourth-order valence-corrected chi connectivity index (χ4v) is 1.38. The minimum Gasteiger partial charge on any atom is -0.481 e. The molecule has 0 amide bonds. The van der Waals surface area contributed by atoms with Gasteiger partial charge < -0.3 is 15.3 Å². The summed E-state index contributed by atoms with van der Waals surface area (Å²) in [7, 11) is 0. The molecule has 90 valence electrons. The number of hydrogen-bond donors (Lipinski definition) is 3. The zero-order valence-electron chi connectivity index (χ0n) is 8.67. The number of aliphatic carboxylic acids is 1. The second kappa shape index (κ2) is 5.39. The number of aliphatic hydroxyl groups excluding tert-OH is 2. The van der Waals surface area contributed by atoms with Crippen molar-refractivity contribution in [3.05, 3.63) is 35.1 Å². The maximum Gasteiger partial charge on any atom is 0.306 e. The molecular formula is C11H10FNO4. The van der Waals surface area contributed by atoms with E-state index < -0.39 is 30.4 Å². The molecule has 0 aromatic heterocycles. The summed E-state index contributed by atoms with van der Waals surface area (Å²) < 4.78 is 13.0. The predicted octanol–water partition coefficient (Wildman–Crippen LogP) is 0.566. The first-order chi connectivity index (χ1) is 7.95. The fourth-order valence-electron chi connectivity index (χ4n) is 1.38. The van der Waals surface area contributed by atoms with E-state index in [2.05, 4.69) is 0 Å². The summed E-state index contributed by atoms with van der Waals surface area (Å²) in [5, 5.41) is 36.2. The van der Waals surface area contributed by atoms with Crippen LogP contribution in [-0.2, 0) is 4.79 Å². The third kappa shape index (κ3) is 3.24. The van der Waals surface area contributed by atoms with E-state index in [9.17, 15) is 19.4 Å². The molecule has 0 radical (unpaired) electrons. The molecule has 0 aliphatic carbocycles. The van der Waals surface area contributed by atoms with Gasteiger partial charge in [0.2, 0.25) is 0 Å². The molecule has 17 heavy (non-hydrogen) atoms. The topological polar surface area (TPSA) is 102 Å². The highest BCUT2D eigenvalue weighted by molar-refractivity contribution is 5.67. The van der Waals surface area contributed by atoms with E-state index in [1.165, 1.54) is 0 Å². The summed E-state index contributed by atoms with van der Waals surface area (Å²) in [4.78, 5) is 10.4. The zero-order chi connectivity index (χ0) is 13.0. The van der Waals surface area contributed by atoms with Crippen LogP contribution in [0.5, 0.6) is 0 Å². The van der Waals surface area contributed by atoms with Gasteiger partial charge in [0.1, 0.15) is 11.9 Å². The summed E-state index contributed by atoms with van der Waals surface area (Å²) in [6, 6.07) is 4.82. The van der Waals surface area contributed by atoms with E-state index in [-0.39, 0.29) is 11.1 Å². The molecule has 1 aromatic carbocycles. The highest BCUT2D eigenvalue weighted by atomic mass is 19.1. The van der Waals surface area contributed by atoms with Crippen LogP contribution in [-0.4, -0.2) is 27.4 Å². The molecule has 0 bridgehead atoms. The summed E-state index contributed by atoms with van der Waals surface area (Å²) in [5.74, 6) is -1.98. The summed E-state index contributed by atoms with van der Waals surface area (Å²) >= 11 is 0. The molecule has 0 saturated carbocycles. The Hall–Kier alpha value is -1.97. The van der Waals surface area contributed by atoms with E-state index >= 15 is 0 Å². The molecule has 6 heteroatoms. The quantitative estimate of drug-likeness (QED) is 0.712. The van der Waals surface area contributed by atoms with E-state index in [1.54, 1.807) is 6.07 Å². The summed E-state index contributed by atoms with van der Waals surface area (Å²) in [5.41, 5.74) is -0.135. The SMILES string of the molecule is N#Cc1ccc(F)cc1C(O)C(O)CC(=O)O. The van der Waals surface area contributed by atoms with Gasteiger partial charge in [-0.1, -0.05) is 0 Å². The Labute approximate surface area is 96.4 Å². The molecule has 2 atom stereocenters. The maximum atomic E-state index is 13.0. The lowest BCUT2D eigenvalue weighted by Gasteiger charge is -2.17. The standard InChI is InChI=1S/C11H10FNO4/c12-7-2-1-6(5-13)8(3-7)11(17)9(14)4-10(15)16/h1-3,9,11,14,17H,4H2,(H,15,16). The molecular weight excluding hydrogens is 229 g/mol. The Kier molecular flexibility index (Phi) is 4.15. The molecule has 5 nitrogen and oxygen atoms in total. The molecule has 2 unspecified atom stereocenters. The maximum absolute atomic E-state index is 13.0. The molecule has 0 heterocycles. The van der Waals surface area contributed by atoms with Gasteiger partial charge in [-0.25, -0.2) is 4.39 Å². The molecule has 0 fully saturated rings. The lowest BCUT2D eigenvalue weighted by atomic mass is 9.97. The van der Waals surface area contributed by atoms with Gasteiger partial charge in [-0.15, -0.1) is 0 Å². The first-order valence-corrected chi connectivity index (χ1v) is 4.73. The average molecular weight is 239 g/mol. The zero-order valence-corrected chi connectivity index (χ0v) is 8.67. The van der Waals surface area contributed by atoms with Gasteiger partial charge in [-0.2, -0.15) is 5.26 Å². The number of carbonyl (C=O) groups is 1. The molecule has 0 spiro atoms. The largest absolute Gasteiger partial charge is 0.481 e. The number of benzene rings is 1. The van der Waals surface area contributed by atoms with Crippen LogP contribution in [0.3, 0.4) is 0 Å². The lowest BCUT2D eigenvalue weighted by Crippen LogP contribution is -2.22. The molecule has 0 aliphatic heterocycles. The van der Waals surface area contributed by atoms with Crippen molar-refractivity contribution in [1.29, 1.82) is 5.26 Å². The van der Waals surface area contributed by atoms with Gasteiger partial charge in [0.15, 0.2) is 0 Å². The van der Waals surface area contributed by atoms with Crippen LogP contribution in [0.2, 0.25) is 0 Å². The molecule has 1 rings (SSSR count). The van der Waals surface area contributed by atoms with Crippen LogP contribution in [0.1, 0.15) is 23.7 Å². The number of carboxylic acids is 1. The minimum absolute atomic E-state index is 0.0108. The highest BCUT2D eigenvalue weighted by Crippen LogP contribution is 2.23. The molecule has 0 aliphatic rings. The van der Waals surface area contributed by atoms with Gasteiger partial charge in [-0.3, -0.25) is 4.79 Å². The van der Waals surface area contributed by atoms with E-state index in [4.69, 9.17) is 10.4 Å². The first kappa shape index (κ1) is 13.1. The van der Waals surface area contributed by atoms with E-state index in [1.807, 2.05) is 0 Å². The average Bonchev–Trinajstić information content (AvgIpc) is 2.27. The first-order valence-electron chi connectivity index (χ1n) is 4.73. The van der Waals surface area contributed by atoms with E-state index in [0.29, 0.717) is 0 Å². The van der Waals surface area contributed by atoms with Gasteiger partial charge in [0, 0.05) is 5.56 Å². The van der Waals surface area contributed by atoms with Gasteiger partial charge in [-0.05, 0) is 18.2 Å². The number of aliphatic hydroxyl groups is 2. The van der Waals surface area contributed by atoms with Crippen LogP contribution in [0.25, 0.3) is 0 Å². The van der Waals surface area contributed by atoms with Crippen LogP contribution in [0.15, 0.2) is 18.2 Å². The number of halogens is 1. The Bertz CT molecular complexity index is 469. The summed E-state index contributed by atoms with van der Waals surface area (Å²) in [6.07, 6.45) is -3.90. The van der Waals surface area contributed by atoms with Crippen molar-refractivity contribution in [3.8, 4) is 6.07 Å². The van der Waals surface area contributed by atoms with Crippen LogP contribution < -0.4 is 0 Å². The number of nitrogens with zero attached hydrogens (tertiary/aromatic N) is 1. The van der Waals surface area contributed by atoms with Gasteiger partial charge in [0.05, 0.1) is 24.2 Å². The molecule has 0 saturated heterocycles. The second-order valence-corrected chi connectivity index (χ2v) is 3.45. The van der Waals surface area contributed by atoms with Crippen molar-refractivity contribution in [3.63, 3.8) is 0 Å². The van der Waals surface area contributed by atoms with Crippen LogP contribution in [0.4, 0.5) is 4.39 Å².